The van der Waals surface area contributed by atoms with E-state index in [1.165, 1.54) is 24.3 Å². The molecule has 0 fully saturated rings. The van der Waals surface area contributed by atoms with Crippen molar-refractivity contribution in [2.24, 2.45) is 0 Å². The third-order valence-electron chi connectivity index (χ3n) is 5.19. The highest BCUT2D eigenvalue weighted by atomic mass is 19.2. The van der Waals surface area contributed by atoms with Crippen LogP contribution in [0, 0.1) is 17.5 Å². The van der Waals surface area contributed by atoms with E-state index in [1.807, 2.05) is 6.08 Å². The van der Waals surface area contributed by atoms with E-state index in [4.69, 9.17) is 9.47 Å². The molecule has 0 heterocycles. The zero-order chi connectivity index (χ0) is 20.8. The highest BCUT2D eigenvalue weighted by Gasteiger charge is 2.21. The first-order valence-electron chi connectivity index (χ1n) is 10.3. The molecule has 0 radical (unpaired) electrons. The van der Waals surface area contributed by atoms with Gasteiger partial charge in [0.15, 0.2) is 23.2 Å². The maximum absolute atomic E-state index is 14.8. The summed E-state index contributed by atoms with van der Waals surface area (Å²) in [5.41, 5.74) is 1.37. The molecule has 1 unspecified atom stereocenters. The predicted octanol–water partition coefficient (Wildman–Crippen LogP) is 6.92. The van der Waals surface area contributed by atoms with Crippen LogP contribution in [0.2, 0.25) is 0 Å². The normalized spacial score (nSPS) is 16.6. The highest BCUT2D eigenvalue weighted by Crippen LogP contribution is 2.35. The van der Waals surface area contributed by atoms with Crippen LogP contribution in [0.1, 0.15) is 51.5 Å². The minimum Gasteiger partial charge on any atom is -0.491 e. The number of rotatable bonds is 8. The van der Waals surface area contributed by atoms with E-state index in [0.717, 1.165) is 31.4 Å². The molecule has 29 heavy (non-hydrogen) atoms. The SMILES string of the molecule is CCCCOC1CC=C(c2ccc(-c3ccc(OCC)c(F)c3)c(F)c2F)CC1. The van der Waals surface area contributed by atoms with Crippen LogP contribution in [0.25, 0.3) is 16.7 Å². The van der Waals surface area contributed by atoms with Gasteiger partial charge < -0.3 is 9.47 Å². The number of benzene rings is 2. The molecule has 0 spiro atoms. The van der Waals surface area contributed by atoms with Crippen molar-refractivity contribution in [1.82, 2.24) is 0 Å². The fourth-order valence-corrected chi connectivity index (χ4v) is 3.56. The molecule has 0 aromatic heterocycles. The topological polar surface area (TPSA) is 18.5 Å². The Hall–Kier alpha value is -2.27. The lowest BCUT2D eigenvalue weighted by molar-refractivity contribution is 0.0466. The Bertz CT molecular complexity index is 877. The van der Waals surface area contributed by atoms with E-state index in [9.17, 15) is 13.2 Å². The Balaban J connectivity index is 1.79. The van der Waals surface area contributed by atoms with Gasteiger partial charge in [0.2, 0.25) is 0 Å². The second kappa shape index (κ2) is 9.97. The molecule has 0 saturated carbocycles. The summed E-state index contributed by atoms with van der Waals surface area (Å²) in [6, 6.07) is 7.21. The van der Waals surface area contributed by atoms with Gasteiger partial charge in [0, 0.05) is 17.7 Å². The molecule has 1 aliphatic carbocycles. The van der Waals surface area contributed by atoms with E-state index in [-0.39, 0.29) is 28.5 Å². The van der Waals surface area contributed by atoms with Crippen molar-refractivity contribution in [3.63, 3.8) is 0 Å². The number of ether oxygens (including phenoxy) is 2. The van der Waals surface area contributed by atoms with Crippen molar-refractivity contribution in [1.29, 1.82) is 0 Å². The lowest BCUT2D eigenvalue weighted by Gasteiger charge is -2.23. The molecule has 0 saturated heterocycles. The van der Waals surface area contributed by atoms with Crippen LogP contribution >= 0.6 is 0 Å². The molecule has 0 bridgehead atoms. The van der Waals surface area contributed by atoms with Crippen LogP contribution in [-0.4, -0.2) is 19.3 Å². The smallest absolute Gasteiger partial charge is 0.167 e. The van der Waals surface area contributed by atoms with Gasteiger partial charge in [0.05, 0.1) is 12.7 Å². The second-order valence-electron chi connectivity index (χ2n) is 7.22. The summed E-state index contributed by atoms with van der Waals surface area (Å²) in [5, 5.41) is 0. The molecule has 0 amide bonds. The lowest BCUT2D eigenvalue weighted by atomic mass is 9.90. The Morgan fingerprint density at radius 2 is 1.76 bits per heavy atom. The fourth-order valence-electron chi connectivity index (χ4n) is 3.56. The van der Waals surface area contributed by atoms with Crippen molar-refractivity contribution >= 4 is 5.57 Å². The number of allylic oxidation sites excluding steroid dienone is 1. The Labute approximate surface area is 170 Å². The van der Waals surface area contributed by atoms with E-state index in [0.29, 0.717) is 19.4 Å². The van der Waals surface area contributed by atoms with Gasteiger partial charge in [-0.05, 0) is 55.9 Å². The minimum absolute atomic E-state index is 0.0328. The second-order valence-corrected chi connectivity index (χ2v) is 7.22. The Morgan fingerprint density at radius 1 is 1.00 bits per heavy atom. The standard InChI is InChI=1S/C24H27F3O2/c1-3-5-14-29-18-9-6-16(7-10-18)19-11-12-20(24(27)23(19)26)17-8-13-22(28-4-2)21(25)15-17/h6,8,11-13,15,18H,3-5,7,9-10,14H2,1-2H3. The van der Waals surface area contributed by atoms with E-state index in [1.54, 1.807) is 13.0 Å². The molecule has 1 atom stereocenters. The summed E-state index contributed by atoms with van der Waals surface area (Å²) in [7, 11) is 0. The van der Waals surface area contributed by atoms with Gasteiger partial charge in [-0.3, -0.25) is 0 Å². The van der Waals surface area contributed by atoms with Crippen LogP contribution in [-0.2, 0) is 4.74 Å². The first-order valence-corrected chi connectivity index (χ1v) is 10.3. The van der Waals surface area contributed by atoms with Crippen LogP contribution in [0.5, 0.6) is 5.75 Å². The Kier molecular flexibility index (Phi) is 7.37. The maximum Gasteiger partial charge on any atom is 0.167 e. The van der Waals surface area contributed by atoms with Crippen LogP contribution < -0.4 is 4.74 Å². The predicted molar refractivity (Wildman–Crippen MR) is 109 cm³/mol. The van der Waals surface area contributed by atoms with Crippen molar-refractivity contribution in [3.05, 3.63) is 59.4 Å². The average molecular weight is 404 g/mol. The third kappa shape index (κ3) is 5.02. The molecule has 156 valence electrons. The summed E-state index contributed by atoms with van der Waals surface area (Å²) in [6.45, 7) is 4.93. The van der Waals surface area contributed by atoms with E-state index >= 15 is 0 Å². The summed E-state index contributed by atoms with van der Waals surface area (Å²) in [6.07, 6.45) is 6.33. The minimum atomic E-state index is -0.965. The van der Waals surface area contributed by atoms with E-state index < -0.39 is 17.5 Å². The monoisotopic (exact) mass is 404 g/mol. The van der Waals surface area contributed by atoms with Crippen molar-refractivity contribution in [2.45, 2.75) is 52.1 Å². The first-order chi connectivity index (χ1) is 14.0. The van der Waals surface area contributed by atoms with Crippen LogP contribution in [0.3, 0.4) is 0 Å². The van der Waals surface area contributed by atoms with Gasteiger partial charge in [-0.15, -0.1) is 0 Å². The summed E-state index contributed by atoms with van der Waals surface area (Å²) in [4.78, 5) is 0. The largest absolute Gasteiger partial charge is 0.491 e. The molecule has 2 aromatic carbocycles. The summed E-state index contributed by atoms with van der Waals surface area (Å²) >= 11 is 0. The Morgan fingerprint density at radius 3 is 2.41 bits per heavy atom. The molecule has 0 aliphatic heterocycles. The van der Waals surface area contributed by atoms with E-state index in [2.05, 4.69) is 6.92 Å². The molecule has 5 heteroatoms. The molecule has 0 N–H and O–H groups in total. The number of unbranched alkanes of at least 4 members (excludes halogenated alkanes) is 1. The number of hydrogen-bond acceptors (Lipinski definition) is 2. The highest BCUT2D eigenvalue weighted by molar-refractivity contribution is 5.72. The number of halogens is 3. The lowest BCUT2D eigenvalue weighted by Crippen LogP contribution is -2.16. The molecular weight excluding hydrogens is 377 g/mol. The average Bonchev–Trinajstić information content (AvgIpc) is 2.73. The zero-order valence-electron chi connectivity index (χ0n) is 16.9. The van der Waals surface area contributed by atoms with Crippen molar-refractivity contribution in [3.8, 4) is 16.9 Å². The van der Waals surface area contributed by atoms with Crippen molar-refractivity contribution in [2.75, 3.05) is 13.2 Å². The van der Waals surface area contributed by atoms with Gasteiger partial charge in [0.1, 0.15) is 0 Å². The van der Waals surface area contributed by atoms with Crippen LogP contribution in [0.15, 0.2) is 36.4 Å². The molecule has 2 nitrogen and oxygen atoms in total. The van der Waals surface area contributed by atoms with Gasteiger partial charge in [-0.2, -0.15) is 0 Å². The molecule has 1 aliphatic rings. The molecule has 3 rings (SSSR count). The van der Waals surface area contributed by atoms with Crippen molar-refractivity contribution < 1.29 is 22.6 Å². The third-order valence-corrected chi connectivity index (χ3v) is 5.19. The number of hydrogen-bond donors (Lipinski definition) is 0. The molecular formula is C24H27F3O2. The zero-order valence-corrected chi connectivity index (χ0v) is 16.9. The first kappa shape index (κ1) is 21.4. The van der Waals surface area contributed by atoms with Crippen LogP contribution in [0.4, 0.5) is 13.2 Å². The quantitative estimate of drug-likeness (QED) is 0.445. The van der Waals surface area contributed by atoms with Gasteiger partial charge in [-0.1, -0.05) is 37.6 Å². The van der Waals surface area contributed by atoms with Gasteiger partial charge in [0.25, 0.3) is 0 Å². The summed E-state index contributed by atoms with van der Waals surface area (Å²) in [5.74, 6) is -2.36. The van der Waals surface area contributed by atoms with Gasteiger partial charge in [-0.25, -0.2) is 13.2 Å². The molecule has 2 aromatic rings. The fraction of sp³-hybridized carbons (Fsp3) is 0.417. The maximum atomic E-state index is 14.8. The van der Waals surface area contributed by atoms with Gasteiger partial charge >= 0.3 is 0 Å². The summed E-state index contributed by atoms with van der Waals surface area (Å²) < 4.78 is 54.7.